The van der Waals surface area contributed by atoms with Crippen LogP contribution in [0.15, 0.2) is 42.5 Å². The van der Waals surface area contributed by atoms with E-state index in [0.29, 0.717) is 48.1 Å². The highest BCUT2D eigenvalue weighted by atomic mass is 16.5. The minimum atomic E-state index is -0.536. The quantitative estimate of drug-likeness (QED) is 0.379. The average Bonchev–Trinajstić information content (AvgIpc) is 2.75. The first-order valence-corrected chi connectivity index (χ1v) is 10.4. The molecule has 0 spiro atoms. The van der Waals surface area contributed by atoms with E-state index in [-0.39, 0.29) is 24.0 Å². The molecule has 0 aliphatic rings. The lowest BCUT2D eigenvalue weighted by atomic mass is 10.1. The van der Waals surface area contributed by atoms with E-state index in [0.717, 1.165) is 0 Å². The third-order valence-corrected chi connectivity index (χ3v) is 4.32. The first-order valence-electron chi connectivity index (χ1n) is 10.4. The highest BCUT2D eigenvalue weighted by Gasteiger charge is 2.10. The lowest BCUT2D eigenvalue weighted by Crippen LogP contribution is -2.17. The Kier molecular flexibility index (Phi) is 9.53. The Balaban J connectivity index is 1.79. The molecular weight excluding hydrogens is 412 g/mol. The second-order valence-corrected chi connectivity index (χ2v) is 7.62. The largest absolute Gasteiger partial charge is 0.493 e. The van der Waals surface area contributed by atoms with E-state index in [1.54, 1.807) is 42.5 Å². The Morgan fingerprint density at radius 2 is 1.69 bits per heavy atom. The summed E-state index contributed by atoms with van der Waals surface area (Å²) in [5.74, 6) is 1.00. The molecule has 2 aromatic rings. The SMILES string of the molecule is COc1cc(C(C)=O)ccc1OCCCC(=O)Nc1cccc(NC(=O)OCC(C)C)c1. The Labute approximate surface area is 188 Å². The van der Waals surface area contributed by atoms with Crippen LogP contribution >= 0.6 is 0 Å². The normalized spacial score (nSPS) is 10.4. The van der Waals surface area contributed by atoms with Gasteiger partial charge in [-0.1, -0.05) is 19.9 Å². The fourth-order valence-electron chi connectivity index (χ4n) is 2.72. The molecule has 0 aromatic heterocycles. The number of ether oxygens (including phenoxy) is 3. The van der Waals surface area contributed by atoms with Crippen LogP contribution in [0.4, 0.5) is 16.2 Å². The van der Waals surface area contributed by atoms with Crippen molar-refractivity contribution in [3.05, 3.63) is 48.0 Å². The monoisotopic (exact) mass is 442 g/mol. The van der Waals surface area contributed by atoms with Crippen LogP contribution in [-0.4, -0.2) is 38.1 Å². The molecule has 32 heavy (non-hydrogen) atoms. The third-order valence-electron chi connectivity index (χ3n) is 4.32. The van der Waals surface area contributed by atoms with Crippen LogP contribution in [0, 0.1) is 5.92 Å². The van der Waals surface area contributed by atoms with Gasteiger partial charge in [-0.2, -0.15) is 0 Å². The molecule has 2 rings (SSSR count). The predicted molar refractivity (Wildman–Crippen MR) is 123 cm³/mol. The second-order valence-electron chi connectivity index (χ2n) is 7.62. The van der Waals surface area contributed by atoms with Gasteiger partial charge >= 0.3 is 6.09 Å². The number of carbonyl (C=O) groups is 3. The molecule has 0 saturated carbocycles. The number of hydrogen-bond donors (Lipinski definition) is 2. The highest BCUT2D eigenvalue weighted by Crippen LogP contribution is 2.28. The molecule has 2 amide bonds. The number of rotatable bonds is 11. The van der Waals surface area contributed by atoms with Crippen molar-refractivity contribution in [2.75, 3.05) is 31.0 Å². The maximum absolute atomic E-state index is 12.2. The van der Waals surface area contributed by atoms with Gasteiger partial charge in [0.25, 0.3) is 0 Å². The first kappa shape index (κ1) is 24.7. The summed E-state index contributed by atoms with van der Waals surface area (Å²) in [6, 6.07) is 11.8. The Hall–Kier alpha value is -3.55. The van der Waals surface area contributed by atoms with Crippen molar-refractivity contribution < 1.29 is 28.6 Å². The number of methoxy groups -OCH3 is 1. The molecule has 2 N–H and O–H groups in total. The smallest absolute Gasteiger partial charge is 0.411 e. The maximum Gasteiger partial charge on any atom is 0.411 e. The van der Waals surface area contributed by atoms with Crippen molar-refractivity contribution in [1.29, 1.82) is 0 Å². The van der Waals surface area contributed by atoms with Gasteiger partial charge in [0.05, 0.1) is 20.3 Å². The molecule has 0 bridgehead atoms. The Morgan fingerprint density at radius 3 is 2.34 bits per heavy atom. The standard InChI is InChI=1S/C24H30N2O6/c1-16(2)15-32-24(29)26-20-8-5-7-19(14-20)25-23(28)9-6-12-31-21-11-10-18(17(3)27)13-22(21)30-4/h5,7-8,10-11,13-14,16H,6,9,12,15H2,1-4H3,(H,25,28)(H,26,29). The molecule has 0 aliphatic heterocycles. The molecule has 0 radical (unpaired) electrons. The van der Waals surface area contributed by atoms with Gasteiger partial charge in [-0.3, -0.25) is 14.9 Å². The number of amides is 2. The van der Waals surface area contributed by atoms with Crippen molar-refractivity contribution in [1.82, 2.24) is 0 Å². The Bertz CT molecular complexity index is 942. The molecular formula is C24H30N2O6. The van der Waals surface area contributed by atoms with Gasteiger partial charge in [0.1, 0.15) is 0 Å². The number of Topliss-reactive ketones (excluding diaryl/α,β-unsaturated/α-hetero) is 1. The van der Waals surface area contributed by atoms with Crippen LogP contribution < -0.4 is 20.1 Å². The van der Waals surface area contributed by atoms with E-state index in [2.05, 4.69) is 10.6 Å². The van der Waals surface area contributed by atoms with Crippen molar-refractivity contribution in [3.8, 4) is 11.5 Å². The van der Waals surface area contributed by atoms with Crippen LogP contribution in [0.1, 0.15) is 44.0 Å². The summed E-state index contributed by atoms with van der Waals surface area (Å²) in [5.41, 5.74) is 1.64. The minimum absolute atomic E-state index is 0.0572. The van der Waals surface area contributed by atoms with Gasteiger partial charge < -0.3 is 19.5 Å². The summed E-state index contributed by atoms with van der Waals surface area (Å²) >= 11 is 0. The molecule has 2 aromatic carbocycles. The predicted octanol–water partition coefficient (Wildman–Crippen LogP) is 4.90. The number of anilines is 2. The summed E-state index contributed by atoms with van der Waals surface area (Å²) in [7, 11) is 1.51. The van der Waals surface area contributed by atoms with E-state index in [4.69, 9.17) is 14.2 Å². The van der Waals surface area contributed by atoms with Crippen molar-refractivity contribution in [3.63, 3.8) is 0 Å². The van der Waals surface area contributed by atoms with Gasteiger partial charge in [0.15, 0.2) is 17.3 Å². The molecule has 0 fully saturated rings. The van der Waals surface area contributed by atoms with Crippen LogP contribution in [0.5, 0.6) is 11.5 Å². The van der Waals surface area contributed by atoms with Crippen molar-refractivity contribution >= 4 is 29.2 Å². The minimum Gasteiger partial charge on any atom is -0.493 e. The van der Waals surface area contributed by atoms with Gasteiger partial charge in [-0.15, -0.1) is 0 Å². The molecule has 0 heterocycles. The van der Waals surface area contributed by atoms with Crippen LogP contribution in [-0.2, 0) is 9.53 Å². The van der Waals surface area contributed by atoms with Gasteiger partial charge in [-0.05, 0) is 55.7 Å². The third kappa shape index (κ3) is 8.29. The van der Waals surface area contributed by atoms with Gasteiger partial charge in [0.2, 0.25) is 5.91 Å². The summed E-state index contributed by atoms with van der Waals surface area (Å²) in [6.45, 7) is 6.03. The number of benzene rings is 2. The topological polar surface area (TPSA) is 103 Å². The summed E-state index contributed by atoms with van der Waals surface area (Å²) < 4.78 is 16.0. The maximum atomic E-state index is 12.2. The van der Waals surface area contributed by atoms with Crippen molar-refractivity contribution in [2.24, 2.45) is 5.92 Å². The van der Waals surface area contributed by atoms with E-state index in [9.17, 15) is 14.4 Å². The average molecular weight is 443 g/mol. The molecule has 0 saturated heterocycles. The zero-order chi connectivity index (χ0) is 23.5. The molecule has 0 aliphatic carbocycles. The fraction of sp³-hybridized carbons (Fsp3) is 0.375. The summed E-state index contributed by atoms with van der Waals surface area (Å²) in [5, 5.41) is 5.44. The highest BCUT2D eigenvalue weighted by molar-refractivity contribution is 5.94. The summed E-state index contributed by atoms with van der Waals surface area (Å²) in [6.07, 6.45) is 0.205. The van der Waals surface area contributed by atoms with E-state index < -0.39 is 6.09 Å². The summed E-state index contributed by atoms with van der Waals surface area (Å²) in [4.78, 5) is 35.5. The molecule has 0 unspecified atom stereocenters. The number of hydrogen-bond acceptors (Lipinski definition) is 6. The van der Waals surface area contributed by atoms with Crippen LogP contribution in [0.3, 0.4) is 0 Å². The molecule has 172 valence electrons. The molecule has 8 nitrogen and oxygen atoms in total. The van der Waals surface area contributed by atoms with Crippen LogP contribution in [0.25, 0.3) is 0 Å². The molecule has 8 heteroatoms. The zero-order valence-corrected chi connectivity index (χ0v) is 18.9. The van der Waals surface area contributed by atoms with Gasteiger partial charge in [-0.25, -0.2) is 4.79 Å². The first-order chi connectivity index (χ1) is 15.3. The molecule has 0 atom stereocenters. The number of nitrogens with one attached hydrogen (secondary N) is 2. The van der Waals surface area contributed by atoms with Crippen LogP contribution in [0.2, 0.25) is 0 Å². The fourth-order valence-corrected chi connectivity index (χ4v) is 2.72. The van der Waals surface area contributed by atoms with Gasteiger partial charge in [0, 0.05) is 23.4 Å². The lowest BCUT2D eigenvalue weighted by molar-refractivity contribution is -0.116. The number of ketones is 1. The van der Waals surface area contributed by atoms with E-state index in [1.165, 1.54) is 14.0 Å². The number of carbonyl (C=O) groups excluding carboxylic acids is 3. The van der Waals surface area contributed by atoms with E-state index in [1.807, 2.05) is 13.8 Å². The van der Waals surface area contributed by atoms with E-state index >= 15 is 0 Å². The Morgan fingerprint density at radius 1 is 0.969 bits per heavy atom. The second kappa shape index (κ2) is 12.3. The zero-order valence-electron chi connectivity index (χ0n) is 18.9. The van der Waals surface area contributed by atoms with Crippen molar-refractivity contribution in [2.45, 2.75) is 33.6 Å². The lowest BCUT2D eigenvalue weighted by Gasteiger charge is -2.12.